The van der Waals surface area contributed by atoms with E-state index in [-0.39, 0.29) is 25.1 Å². The van der Waals surface area contributed by atoms with Crippen LogP contribution in [0.25, 0.3) is 16.3 Å². The minimum absolute atomic E-state index is 0. The summed E-state index contributed by atoms with van der Waals surface area (Å²) in [7, 11) is 1.49. The Morgan fingerprint density at radius 2 is 1.85 bits per heavy atom. The summed E-state index contributed by atoms with van der Waals surface area (Å²) >= 11 is 1.06. The Bertz CT molecular complexity index is 787. The SMILES string of the molecule is COc1ccc2sc(/C=C(\O)C(F)(F)F)nc2c1.[C-]1=CCC[C-]=CCC1.[Ir]. The third-order valence-electron chi connectivity index (χ3n) is 3.32. The molecular formula is C19H18F3IrNO2S-2. The van der Waals surface area contributed by atoms with E-state index in [0.717, 1.165) is 41.7 Å². The minimum Gasteiger partial charge on any atom is -0.504 e. The number of alkyl halides is 3. The number of allylic oxidation sites excluding steroid dienone is 5. The summed E-state index contributed by atoms with van der Waals surface area (Å²) in [5, 5.41) is 8.93. The van der Waals surface area contributed by atoms with Crippen LogP contribution in [0, 0.1) is 12.2 Å². The minimum atomic E-state index is -4.75. The molecular weight excluding hydrogens is 555 g/mol. The summed E-state index contributed by atoms with van der Waals surface area (Å²) in [4.78, 5) is 3.98. The third-order valence-corrected chi connectivity index (χ3v) is 4.30. The Balaban J connectivity index is 0.000000342. The van der Waals surface area contributed by atoms with Gasteiger partial charge in [0.05, 0.1) is 17.3 Å². The van der Waals surface area contributed by atoms with Crippen LogP contribution in [0.15, 0.2) is 36.1 Å². The number of benzene rings is 1. The van der Waals surface area contributed by atoms with Crippen LogP contribution in [0.5, 0.6) is 5.75 Å². The van der Waals surface area contributed by atoms with Crippen LogP contribution in [0.4, 0.5) is 13.2 Å². The molecule has 0 fully saturated rings. The van der Waals surface area contributed by atoms with Crippen molar-refractivity contribution in [3.8, 4) is 5.75 Å². The van der Waals surface area contributed by atoms with E-state index in [2.05, 4.69) is 29.3 Å². The Morgan fingerprint density at radius 3 is 2.41 bits per heavy atom. The Kier molecular flexibility index (Phi) is 9.77. The van der Waals surface area contributed by atoms with Gasteiger partial charge in [-0.05, 0) is 12.1 Å². The van der Waals surface area contributed by atoms with Crippen molar-refractivity contribution >= 4 is 27.6 Å². The van der Waals surface area contributed by atoms with E-state index in [1.165, 1.54) is 7.11 Å². The van der Waals surface area contributed by atoms with Gasteiger partial charge in [-0.15, -0.1) is 11.3 Å². The van der Waals surface area contributed by atoms with Crippen LogP contribution >= 0.6 is 11.3 Å². The van der Waals surface area contributed by atoms with Gasteiger partial charge < -0.3 is 22.0 Å². The molecule has 0 unspecified atom stereocenters. The molecule has 149 valence electrons. The van der Waals surface area contributed by atoms with Crippen LogP contribution in [0.3, 0.4) is 0 Å². The summed E-state index contributed by atoms with van der Waals surface area (Å²) in [6, 6.07) is 5.01. The topological polar surface area (TPSA) is 42.4 Å². The predicted octanol–water partition coefficient (Wildman–Crippen LogP) is 6.04. The molecule has 1 radical (unpaired) electrons. The molecule has 1 aromatic carbocycles. The van der Waals surface area contributed by atoms with Crippen molar-refractivity contribution in [2.24, 2.45) is 0 Å². The molecule has 0 bridgehead atoms. The molecule has 0 atom stereocenters. The molecule has 3 nitrogen and oxygen atoms in total. The van der Waals surface area contributed by atoms with Crippen LogP contribution in [-0.4, -0.2) is 23.4 Å². The zero-order chi connectivity index (χ0) is 19.0. The fourth-order valence-corrected chi connectivity index (χ4v) is 2.92. The second kappa shape index (κ2) is 11.3. The van der Waals surface area contributed by atoms with Gasteiger partial charge in [-0.2, -0.15) is 26.0 Å². The van der Waals surface area contributed by atoms with Crippen LogP contribution < -0.4 is 4.74 Å². The number of rotatable bonds is 2. The van der Waals surface area contributed by atoms with Crippen molar-refractivity contribution < 1.29 is 43.1 Å². The molecule has 0 saturated heterocycles. The molecule has 1 aromatic heterocycles. The van der Waals surface area contributed by atoms with Gasteiger partial charge in [0.15, 0.2) is 0 Å². The van der Waals surface area contributed by atoms with E-state index in [9.17, 15) is 13.2 Å². The number of fused-ring (bicyclic) bond motifs is 1. The zero-order valence-electron chi connectivity index (χ0n) is 14.5. The number of aliphatic hydroxyl groups excluding tert-OH is 1. The number of methoxy groups -OCH3 is 1. The predicted molar refractivity (Wildman–Crippen MR) is 96.9 cm³/mol. The third kappa shape index (κ3) is 7.87. The largest absolute Gasteiger partial charge is 0.504 e. The molecule has 8 heteroatoms. The maximum Gasteiger partial charge on any atom is 0.448 e. The first-order chi connectivity index (χ1) is 12.4. The fraction of sp³-hybridized carbons (Fsp3) is 0.316. The average Bonchev–Trinajstić information content (AvgIpc) is 2.95. The van der Waals surface area contributed by atoms with Crippen molar-refractivity contribution in [2.75, 3.05) is 7.11 Å². The second-order valence-corrected chi connectivity index (χ2v) is 6.37. The van der Waals surface area contributed by atoms with E-state index in [4.69, 9.17) is 9.84 Å². The molecule has 0 amide bonds. The number of ether oxygens (including phenoxy) is 1. The fourth-order valence-electron chi connectivity index (χ4n) is 2.03. The van der Waals surface area contributed by atoms with Gasteiger partial charge in [0, 0.05) is 32.2 Å². The van der Waals surface area contributed by atoms with Crippen molar-refractivity contribution in [2.45, 2.75) is 31.9 Å². The van der Waals surface area contributed by atoms with E-state index >= 15 is 0 Å². The number of aromatic nitrogens is 1. The number of hydrogen-bond donors (Lipinski definition) is 1. The van der Waals surface area contributed by atoms with Gasteiger partial charge >= 0.3 is 6.18 Å². The van der Waals surface area contributed by atoms with Crippen molar-refractivity contribution in [3.63, 3.8) is 0 Å². The smallest absolute Gasteiger partial charge is 0.448 e. The van der Waals surface area contributed by atoms with Gasteiger partial charge in [-0.1, -0.05) is 12.8 Å². The Hall–Kier alpha value is -1.63. The summed E-state index contributed by atoms with van der Waals surface area (Å²) in [6.45, 7) is 0. The van der Waals surface area contributed by atoms with E-state index in [1.807, 2.05) is 0 Å². The van der Waals surface area contributed by atoms with Gasteiger partial charge in [0.25, 0.3) is 0 Å². The standard InChI is InChI=1S/C11H8F3NO2S.C8H10.Ir/c1-17-6-2-3-8-7(4-6)15-10(18-8)5-9(16)11(12,13)14;1-2-4-6-8-7-5-3-1;/h2-5,16H,1H3;1,8H,2,4-5,7H2;/q;-2;/b9-5-;;. The molecule has 1 aliphatic carbocycles. The van der Waals surface area contributed by atoms with Gasteiger partial charge in [-0.25, -0.2) is 4.98 Å². The first kappa shape index (κ1) is 23.4. The quantitative estimate of drug-likeness (QED) is 0.352. The summed E-state index contributed by atoms with van der Waals surface area (Å²) < 4.78 is 42.1. The van der Waals surface area contributed by atoms with Crippen molar-refractivity contribution in [1.82, 2.24) is 4.98 Å². The van der Waals surface area contributed by atoms with E-state index in [0.29, 0.717) is 17.3 Å². The normalized spacial score (nSPS) is 14.6. The maximum atomic E-state index is 12.1. The Morgan fingerprint density at radius 1 is 1.22 bits per heavy atom. The first-order valence-corrected chi connectivity index (χ1v) is 8.74. The molecule has 1 heterocycles. The summed E-state index contributed by atoms with van der Waals surface area (Å²) in [5.41, 5.74) is 0.528. The van der Waals surface area contributed by atoms with E-state index in [1.54, 1.807) is 18.2 Å². The molecule has 27 heavy (non-hydrogen) atoms. The number of nitrogens with zero attached hydrogens (tertiary/aromatic N) is 1. The number of aliphatic hydroxyl groups is 1. The molecule has 3 rings (SSSR count). The van der Waals surface area contributed by atoms with Crippen LogP contribution in [-0.2, 0) is 20.1 Å². The maximum absolute atomic E-state index is 12.1. The molecule has 1 aliphatic rings. The summed E-state index contributed by atoms with van der Waals surface area (Å²) in [6.07, 6.45) is 10.9. The second-order valence-electron chi connectivity index (χ2n) is 5.31. The van der Waals surface area contributed by atoms with Crippen molar-refractivity contribution in [1.29, 1.82) is 0 Å². The molecule has 1 N–H and O–H groups in total. The number of thiazole rings is 1. The van der Waals surface area contributed by atoms with E-state index < -0.39 is 11.9 Å². The number of halogens is 3. The monoisotopic (exact) mass is 574 g/mol. The first-order valence-electron chi connectivity index (χ1n) is 7.92. The summed E-state index contributed by atoms with van der Waals surface area (Å²) in [5.74, 6) is -1.09. The average molecular weight is 574 g/mol. The van der Waals surface area contributed by atoms with Crippen LogP contribution in [0.2, 0.25) is 0 Å². The molecule has 0 spiro atoms. The van der Waals surface area contributed by atoms with Gasteiger partial charge in [-0.3, -0.25) is 12.2 Å². The molecule has 0 aliphatic heterocycles. The molecule has 2 aromatic rings. The Labute approximate surface area is 173 Å². The van der Waals surface area contributed by atoms with Gasteiger partial charge in [0.1, 0.15) is 10.8 Å². The number of hydrogen-bond acceptors (Lipinski definition) is 4. The van der Waals surface area contributed by atoms with Crippen molar-refractivity contribution in [3.05, 3.63) is 53.3 Å². The molecule has 0 saturated carbocycles. The van der Waals surface area contributed by atoms with Gasteiger partial charge in [0.2, 0.25) is 5.76 Å². The van der Waals surface area contributed by atoms with Crippen LogP contribution in [0.1, 0.15) is 30.7 Å². The zero-order valence-corrected chi connectivity index (χ0v) is 17.7.